The van der Waals surface area contributed by atoms with Crippen molar-refractivity contribution in [1.29, 1.82) is 0 Å². The predicted octanol–water partition coefficient (Wildman–Crippen LogP) is 1.51. The van der Waals surface area contributed by atoms with E-state index in [1.807, 2.05) is 0 Å². The van der Waals surface area contributed by atoms with Crippen LogP contribution in [0.1, 0.15) is 20.7 Å². The predicted molar refractivity (Wildman–Crippen MR) is 50.2 cm³/mol. The van der Waals surface area contributed by atoms with Gasteiger partial charge in [-0.2, -0.15) is 0 Å². The van der Waals surface area contributed by atoms with Crippen LogP contribution in [0.3, 0.4) is 0 Å². The van der Waals surface area contributed by atoms with Gasteiger partial charge in [0.25, 0.3) is 5.91 Å². The number of halogens is 1. The van der Waals surface area contributed by atoms with Crippen LogP contribution in [-0.4, -0.2) is 19.2 Å². The summed E-state index contributed by atoms with van der Waals surface area (Å²) in [5, 5.41) is 2.87. The van der Waals surface area contributed by atoms with Gasteiger partial charge in [-0.1, -0.05) is 11.6 Å². The minimum Gasteiger partial charge on any atom is -0.355 e. The first-order valence-electron chi connectivity index (χ1n) is 3.66. The van der Waals surface area contributed by atoms with E-state index in [4.69, 9.17) is 11.6 Å². The molecule has 4 heteroatoms. The lowest BCUT2D eigenvalue weighted by molar-refractivity contribution is 0.0957. The average molecular weight is 198 g/mol. The fourth-order valence-corrected chi connectivity index (χ4v) is 1.15. The van der Waals surface area contributed by atoms with E-state index in [9.17, 15) is 9.59 Å². The molecule has 0 radical (unpaired) electrons. The third-order valence-electron chi connectivity index (χ3n) is 1.61. The van der Waals surface area contributed by atoms with Crippen LogP contribution >= 0.6 is 11.6 Å². The summed E-state index contributed by atoms with van der Waals surface area (Å²) in [6.45, 7) is 0. The summed E-state index contributed by atoms with van der Waals surface area (Å²) in [6.07, 6.45) is 0.608. The Balaban J connectivity index is 3.20. The first-order chi connectivity index (χ1) is 6.19. The Morgan fingerprint density at radius 1 is 1.54 bits per heavy atom. The number of carbonyl (C=O) groups excluding carboxylic acids is 2. The molecule has 1 N–H and O–H groups in total. The maximum absolute atomic E-state index is 11.2. The van der Waals surface area contributed by atoms with E-state index in [-0.39, 0.29) is 5.91 Å². The van der Waals surface area contributed by atoms with Crippen LogP contribution in [0.2, 0.25) is 5.02 Å². The van der Waals surface area contributed by atoms with Crippen LogP contribution in [0.5, 0.6) is 0 Å². The molecule has 0 fully saturated rings. The van der Waals surface area contributed by atoms with Gasteiger partial charge >= 0.3 is 0 Å². The number of hydrogen-bond donors (Lipinski definition) is 1. The maximum Gasteiger partial charge on any atom is 0.251 e. The number of amides is 1. The van der Waals surface area contributed by atoms with Crippen molar-refractivity contribution in [3.05, 3.63) is 34.3 Å². The third kappa shape index (κ3) is 2.06. The molecule has 0 aliphatic carbocycles. The molecule has 3 nitrogen and oxygen atoms in total. The molecule has 0 spiro atoms. The maximum atomic E-state index is 11.2. The summed E-state index contributed by atoms with van der Waals surface area (Å²) in [5.41, 5.74) is 0.633. The number of benzene rings is 1. The molecule has 13 heavy (non-hydrogen) atoms. The normalized spacial score (nSPS) is 9.38. The van der Waals surface area contributed by atoms with Crippen molar-refractivity contribution < 1.29 is 9.59 Å². The monoisotopic (exact) mass is 197 g/mol. The van der Waals surface area contributed by atoms with Crippen molar-refractivity contribution in [3.8, 4) is 0 Å². The molecule has 0 aliphatic heterocycles. The molecule has 68 valence electrons. The summed E-state index contributed by atoms with van der Waals surface area (Å²) in [4.78, 5) is 21.8. The molecular formula is C9H8ClNO2. The molecule has 0 atom stereocenters. The molecule has 1 amide bonds. The number of nitrogens with one attached hydrogen (secondary N) is 1. The molecule has 0 bridgehead atoms. The Morgan fingerprint density at radius 3 is 2.77 bits per heavy atom. The van der Waals surface area contributed by atoms with E-state index >= 15 is 0 Å². The molecule has 1 aromatic rings. The lowest BCUT2D eigenvalue weighted by Gasteiger charge is -2.02. The Hall–Kier alpha value is -1.35. The Kier molecular flexibility index (Phi) is 3.03. The van der Waals surface area contributed by atoms with Crippen LogP contribution in [-0.2, 0) is 0 Å². The van der Waals surface area contributed by atoms with Gasteiger partial charge in [0.15, 0.2) is 6.29 Å². The highest BCUT2D eigenvalue weighted by molar-refractivity contribution is 6.31. The van der Waals surface area contributed by atoms with Crippen LogP contribution in [0, 0.1) is 0 Å². The van der Waals surface area contributed by atoms with Crippen molar-refractivity contribution in [3.63, 3.8) is 0 Å². The second kappa shape index (κ2) is 4.05. The number of hydrogen-bond acceptors (Lipinski definition) is 2. The van der Waals surface area contributed by atoms with Crippen molar-refractivity contribution >= 4 is 23.8 Å². The lowest BCUT2D eigenvalue weighted by Crippen LogP contribution is -2.19. The Labute approximate surface area is 80.7 Å². The molecule has 0 saturated carbocycles. The second-order valence-electron chi connectivity index (χ2n) is 2.43. The van der Waals surface area contributed by atoms with E-state index in [1.54, 1.807) is 6.07 Å². The summed E-state index contributed by atoms with van der Waals surface area (Å²) >= 11 is 5.65. The number of carbonyl (C=O) groups is 2. The van der Waals surface area contributed by atoms with Gasteiger partial charge in [-0.15, -0.1) is 0 Å². The zero-order chi connectivity index (χ0) is 9.84. The third-order valence-corrected chi connectivity index (χ3v) is 1.85. The van der Waals surface area contributed by atoms with Crippen molar-refractivity contribution in [2.45, 2.75) is 0 Å². The molecule has 0 aliphatic rings. The molecule has 0 saturated heterocycles. The van der Waals surface area contributed by atoms with E-state index in [2.05, 4.69) is 5.32 Å². The minimum atomic E-state index is -0.293. The van der Waals surface area contributed by atoms with Crippen molar-refractivity contribution in [2.75, 3.05) is 7.05 Å². The fraction of sp³-hybridized carbons (Fsp3) is 0.111. The van der Waals surface area contributed by atoms with Gasteiger partial charge in [0, 0.05) is 23.2 Å². The van der Waals surface area contributed by atoms with Crippen molar-refractivity contribution in [2.24, 2.45) is 0 Å². The van der Waals surface area contributed by atoms with Gasteiger partial charge in [0.2, 0.25) is 0 Å². The highest BCUT2D eigenvalue weighted by Gasteiger charge is 2.08. The van der Waals surface area contributed by atoms with E-state index in [1.165, 1.54) is 19.2 Å². The summed E-state index contributed by atoms with van der Waals surface area (Å²) in [7, 11) is 1.51. The molecule has 0 unspecified atom stereocenters. The quantitative estimate of drug-likeness (QED) is 0.731. The average Bonchev–Trinajstić information content (AvgIpc) is 2.16. The fourth-order valence-electron chi connectivity index (χ4n) is 0.973. The Morgan fingerprint density at radius 2 is 2.23 bits per heavy atom. The van der Waals surface area contributed by atoms with E-state index in [0.717, 1.165) is 0 Å². The SMILES string of the molecule is CNC(=O)c1ccc(Cl)cc1C=O. The first-order valence-corrected chi connectivity index (χ1v) is 4.03. The van der Waals surface area contributed by atoms with Gasteiger partial charge in [0.05, 0.1) is 0 Å². The summed E-state index contributed by atoms with van der Waals surface area (Å²) in [6, 6.07) is 4.54. The molecule has 1 rings (SSSR count). The Bertz CT molecular complexity index is 349. The second-order valence-corrected chi connectivity index (χ2v) is 2.86. The van der Waals surface area contributed by atoms with Crippen LogP contribution < -0.4 is 5.32 Å². The molecule has 0 heterocycles. The first kappa shape index (κ1) is 9.74. The van der Waals surface area contributed by atoms with Gasteiger partial charge in [-0.05, 0) is 18.2 Å². The van der Waals surface area contributed by atoms with Crippen LogP contribution in [0.15, 0.2) is 18.2 Å². The minimum absolute atomic E-state index is 0.293. The number of rotatable bonds is 2. The smallest absolute Gasteiger partial charge is 0.251 e. The van der Waals surface area contributed by atoms with Gasteiger partial charge in [-0.3, -0.25) is 9.59 Å². The van der Waals surface area contributed by atoms with Gasteiger partial charge < -0.3 is 5.32 Å². The van der Waals surface area contributed by atoms with Crippen LogP contribution in [0.25, 0.3) is 0 Å². The van der Waals surface area contributed by atoms with E-state index < -0.39 is 0 Å². The molecule has 0 aromatic heterocycles. The largest absolute Gasteiger partial charge is 0.355 e. The molecule has 1 aromatic carbocycles. The van der Waals surface area contributed by atoms with Crippen LogP contribution in [0.4, 0.5) is 0 Å². The number of aldehydes is 1. The van der Waals surface area contributed by atoms with Crippen molar-refractivity contribution in [1.82, 2.24) is 5.32 Å². The summed E-state index contributed by atoms with van der Waals surface area (Å²) in [5.74, 6) is -0.293. The highest BCUT2D eigenvalue weighted by Crippen LogP contribution is 2.14. The highest BCUT2D eigenvalue weighted by atomic mass is 35.5. The van der Waals surface area contributed by atoms with E-state index in [0.29, 0.717) is 22.4 Å². The topological polar surface area (TPSA) is 46.2 Å². The van der Waals surface area contributed by atoms with Gasteiger partial charge in [-0.25, -0.2) is 0 Å². The lowest BCUT2D eigenvalue weighted by atomic mass is 10.1. The summed E-state index contributed by atoms with van der Waals surface area (Å²) < 4.78 is 0. The zero-order valence-corrected chi connectivity index (χ0v) is 7.76. The van der Waals surface area contributed by atoms with Gasteiger partial charge in [0.1, 0.15) is 0 Å². The zero-order valence-electron chi connectivity index (χ0n) is 7.00. The molecular weight excluding hydrogens is 190 g/mol. The standard InChI is InChI=1S/C9H8ClNO2/c1-11-9(13)8-3-2-7(10)4-6(8)5-12/h2-5H,1H3,(H,11,13).